The molecule has 0 aromatic carbocycles. The van der Waals surface area contributed by atoms with Crippen molar-refractivity contribution in [1.82, 2.24) is 19.7 Å². The van der Waals surface area contributed by atoms with Crippen molar-refractivity contribution in [2.75, 3.05) is 19.0 Å². The molecule has 2 aliphatic rings. The van der Waals surface area contributed by atoms with Gasteiger partial charge in [0.2, 0.25) is 5.88 Å². The van der Waals surface area contributed by atoms with E-state index in [-0.39, 0.29) is 24.4 Å². The molecule has 1 saturated heterocycles. The summed E-state index contributed by atoms with van der Waals surface area (Å²) < 4.78 is 46.6. The van der Waals surface area contributed by atoms with Gasteiger partial charge in [0, 0.05) is 36.5 Å². The SMILES string of the molecule is COc1cc(C(=O)N2CCCC2c2cc3n(n2)[C@@H](C(F)(F)F)C[C@@H](C)N3)ccn1. The number of nitrogens with one attached hydrogen (secondary N) is 1. The number of likely N-dealkylation sites (tertiary alicyclic amines) is 1. The quantitative estimate of drug-likeness (QED) is 0.839. The maximum Gasteiger partial charge on any atom is 0.410 e. The van der Waals surface area contributed by atoms with Crippen LogP contribution in [0.4, 0.5) is 19.0 Å². The maximum absolute atomic E-state index is 13.5. The van der Waals surface area contributed by atoms with Crippen molar-refractivity contribution in [3.05, 3.63) is 35.7 Å². The molecule has 0 spiro atoms. The van der Waals surface area contributed by atoms with Crippen molar-refractivity contribution in [2.45, 2.75) is 50.5 Å². The van der Waals surface area contributed by atoms with Crippen LogP contribution in [0.3, 0.4) is 0 Å². The summed E-state index contributed by atoms with van der Waals surface area (Å²) in [5, 5.41) is 7.35. The number of alkyl halides is 3. The van der Waals surface area contributed by atoms with E-state index in [2.05, 4.69) is 15.4 Å². The molecule has 0 bridgehead atoms. The van der Waals surface area contributed by atoms with Gasteiger partial charge in [-0.2, -0.15) is 18.3 Å². The molecule has 2 aromatic heterocycles. The summed E-state index contributed by atoms with van der Waals surface area (Å²) in [7, 11) is 1.47. The zero-order valence-electron chi connectivity index (χ0n) is 16.1. The molecule has 1 fully saturated rings. The number of aromatic nitrogens is 3. The van der Waals surface area contributed by atoms with Gasteiger partial charge in [-0.15, -0.1) is 0 Å². The Morgan fingerprint density at radius 1 is 1.34 bits per heavy atom. The third-order valence-electron chi connectivity index (χ3n) is 5.44. The molecule has 1 amide bonds. The predicted octanol–water partition coefficient (Wildman–Crippen LogP) is 3.57. The monoisotopic (exact) mass is 409 g/mol. The second-order valence-corrected chi connectivity index (χ2v) is 7.48. The highest BCUT2D eigenvalue weighted by Crippen LogP contribution is 2.41. The van der Waals surface area contributed by atoms with Gasteiger partial charge in [-0.3, -0.25) is 4.79 Å². The number of carbonyl (C=O) groups is 1. The molecule has 10 heteroatoms. The number of carbonyl (C=O) groups excluding carboxylic acids is 1. The molecule has 2 aliphatic heterocycles. The predicted molar refractivity (Wildman–Crippen MR) is 98.8 cm³/mol. The Balaban J connectivity index is 1.64. The summed E-state index contributed by atoms with van der Waals surface area (Å²) >= 11 is 0. The topological polar surface area (TPSA) is 72.3 Å². The summed E-state index contributed by atoms with van der Waals surface area (Å²) in [6.45, 7) is 2.24. The molecule has 1 unspecified atom stereocenters. The van der Waals surface area contributed by atoms with Crippen LogP contribution in [0.2, 0.25) is 0 Å². The molecule has 4 rings (SSSR count). The first-order valence-electron chi connectivity index (χ1n) is 9.51. The second-order valence-electron chi connectivity index (χ2n) is 7.48. The Labute approximate surface area is 165 Å². The Kier molecular flexibility index (Phi) is 4.87. The highest BCUT2D eigenvalue weighted by atomic mass is 19.4. The fourth-order valence-electron chi connectivity index (χ4n) is 4.08. The third-order valence-corrected chi connectivity index (χ3v) is 5.44. The van der Waals surface area contributed by atoms with Crippen LogP contribution in [0.15, 0.2) is 24.4 Å². The van der Waals surface area contributed by atoms with E-state index in [0.29, 0.717) is 35.9 Å². The second kappa shape index (κ2) is 7.23. The largest absolute Gasteiger partial charge is 0.481 e. The lowest BCUT2D eigenvalue weighted by atomic mass is 10.1. The van der Waals surface area contributed by atoms with Crippen LogP contribution in [0.25, 0.3) is 0 Å². The summed E-state index contributed by atoms with van der Waals surface area (Å²) in [4.78, 5) is 18.7. The minimum absolute atomic E-state index is 0.0816. The van der Waals surface area contributed by atoms with Crippen LogP contribution in [-0.2, 0) is 0 Å². The Morgan fingerprint density at radius 2 is 2.14 bits per heavy atom. The van der Waals surface area contributed by atoms with E-state index in [0.717, 1.165) is 11.1 Å². The van der Waals surface area contributed by atoms with E-state index in [4.69, 9.17) is 4.74 Å². The van der Waals surface area contributed by atoms with E-state index in [1.807, 2.05) is 0 Å². The molecule has 0 aliphatic carbocycles. The van der Waals surface area contributed by atoms with Crippen LogP contribution in [0.5, 0.6) is 5.88 Å². The maximum atomic E-state index is 13.5. The highest BCUT2D eigenvalue weighted by molar-refractivity contribution is 5.94. The van der Waals surface area contributed by atoms with Crippen LogP contribution in [0, 0.1) is 0 Å². The van der Waals surface area contributed by atoms with Crippen LogP contribution in [0.1, 0.15) is 54.3 Å². The van der Waals surface area contributed by atoms with Gasteiger partial charge < -0.3 is 15.0 Å². The number of amides is 1. The van der Waals surface area contributed by atoms with Gasteiger partial charge in [-0.1, -0.05) is 0 Å². The average Bonchev–Trinajstić information content (AvgIpc) is 3.32. The summed E-state index contributed by atoms with van der Waals surface area (Å²) in [6.07, 6.45) is -1.56. The first kappa shape index (κ1) is 19.5. The van der Waals surface area contributed by atoms with Gasteiger partial charge >= 0.3 is 6.18 Å². The zero-order valence-corrected chi connectivity index (χ0v) is 16.1. The van der Waals surface area contributed by atoms with Crippen LogP contribution in [-0.4, -0.2) is 51.4 Å². The van der Waals surface area contributed by atoms with Crippen molar-refractivity contribution in [1.29, 1.82) is 0 Å². The number of ether oxygens (including phenoxy) is 1. The standard InChI is InChI=1S/C19H22F3N5O2/c1-11-8-15(19(20,21)22)27-16(24-11)10-13(25-27)14-4-3-7-26(14)18(28)12-5-6-23-17(9-12)29-2/h5-6,9-11,14-15,24H,3-4,7-8H2,1-2H3/t11-,14?,15-/m1/s1. The number of fused-ring (bicyclic) bond motifs is 1. The summed E-state index contributed by atoms with van der Waals surface area (Å²) in [6, 6.07) is 2.44. The average molecular weight is 409 g/mol. The molecule has 7 nitrogen and oxygen atoms in total. The lowest BCUT2D eigenvalue weighted by Gasteiger charge is -2.31. The Bertz CT molecular complexity index is 913. The number of nitrogens with zero attached hydrogens (tertiary/aromatic N) is 4. The van der Waals surface area contributed by atoms with Crippen LogP contribution < -0.4 is 10.1 Å². The van der Waals surface area contributed by atoms with Gasteiger partial charge in [0.1, 0.15) is 5.82 Å². The number of methoxy groups -OCH3 is 1. The molecule has 3 atom stereocenters. The zero-order chi connectivity index (χ0) is 20.8. The van der Waals surface area contributed by atoms with Crippen molar-refractivity contribution in [3.8, 4) is 5.88 Å². The minimum Gasteiger partial charge on any atom is -0.481 e. The van der Waals surface area contributed by atoms with Crippen molar-refractivity contribution >= 4 is 11.7 Å². The molecule has 156 valence electrons. The lowest BCUT2D eigenvalue weighted by Crippen LogP contribution is -2.38. The highest BCUT2D eigenvalue weighted by Gasteiger charge is 2.46. The number of hydrogen-bond donors (Lipinski definition) is 1. The molecular weight excluding hydrogens is 387 g/mol. The van der Waals surface area contributed by atoms with Crippen molar-refractivity contribution < 1.29 is 22.7 Å². The normalized spacial score (nSPS) is 24.2. The molecular formula is C19H22F3N5O2. The van der Waals surface area contributed by atoms with Gasteiger partial charge in [-0.25, -0.2) is 9.67 Å². The van der Waals surface area contributed by atoms with Gasteiger partial charge in [0.15, 0.2) is 6.04 Å². The fourth-order valence-corrected chi connectivity index (χ4v) is 4.08. The van der Waals surface area contributed by atoms with Crippen molar-refractivity contribution in [2.24, 2.45) is 0 Å². The van der Waals surface area contributed by atoms with E-state index in [1.165, 1.54) is 13.3 Å². The third kappa shape index (κ3) is 3.63. The minimum atomic E-state index is -4.38. The molecule has 2 aromatic rings. The molecule has 29 heavy (non-hydrogen) atoms. The number of pyridine rings is 1. The van der Waals surface area contributed by atoms with Crippen LogP contribution >= 0.6 is 0 Å². The van der Waals surface area contributed by atoms with Crippen molar-refractivity contribution in [3.63, 3.8) is 0 Å². The van der Waals surface area contributed by atoms with Gasteiger partial charge in [-0.05, 0) is 32.3 Å². The lowest BCUT2D eigenvalue weighted by molar-refractivity contribution is -0.173. The van der Waals surface area contributed by atoms with E-state index in [9.17, 15) is 18.0 Å². The number of halogens is 3. The fraction of sp³-hybridized carbons (Fsp3) is 0.526. The Morgan fingerprint density at radius 3 is 2.86 bits per heavy atom. The molecule has 1 N–H and O–H groups in total. The molecule has 4 heterocycles. The van der Waals surface area contributed by atoms with Gasteiger partial charge in [0.05, 0.1) is 18.8 Å². The number of anilines is 1. The van der Waals surface area contributed by atoms with Gasteiger partial charge in [0.25, 0.3) is 5.91 Å². The first-order chi connectivity index (χ1) is 13.8. The number of rotatable bonds is 3. The number of hydrogen-bond acceptors (Lipinski definition) is 5. The van der Waals surface area contributed by atoms with E-state index < -0.39 is 12.2 Å². The first-order valence-corrected chi connectivity index (χ1v) is 9.51. The molecule has 0 radical (unpaired) electrons. The smallest absolute Gasteiger partial charge is 0.410 e. The van der Waals surface area contributed by atoms with E-state index >= 15 is 0 Å². The summed E-state index contributed by atoms with van der Waals surface area (Å²) in [5.41, 5.74) is 0.898. The van der Waals surface area contributed by atoms with E-state index in [1.54, 1.807) is 30.0 Å². The summed E-state index contributed by atoms with van der Waals surface area (Å²) in [5.74, 6) is 0.453. The Hall–Kier alpha value is -2.78. The molecule has 0 saturated carbocycles.